The van der Waals surface area contributed by atoms with Crippen LogP contribution in [-0.2, 0) is 0 Å². The summed E-state index contributed by atoms with van der Waals surface area (Å²) in [7, 11) is 0. The molecule has 0 N–H and O–H groups in total. The molecule has 0 aromatic heterocycles. The zero-order valence-corrected chi connectivity index (χ0v) is 11.8. The van der Waals surface area contributed by atoms with Crippen molar-refractivity contribution in [2.75, 3.05) is 13.2 Å². The predicted octanol–water partition coefficient (Wildman–Crippen LogP) is 3.57. The van der Waals surface area contributed by atoms with E-state index in [1.165, 1.54) is 5.56 Å². The van der Waals surface area contributed by atoms with E-state index in [1.54, 1.807) is 18.2 Å². The Morgan fingerprint density at radius 2 is 1.80 bits per heavy atom. The molecular weight excluding hydrogens is 252 g/mol. The molecule has 0 heterocycles. The summed E-state index contributed by atoms with van der Waals surface area (Å²) in [5.74, 6) is 1.56. The van der Waals surface area contributed by atoms with E-state index in [-0.39, 0.29) is 0 Å². The van der Waals surface area contributed by atoms with Gasteiger partial charge in [-0.25, -0.2) is 0 Å². The molecule has 0 saturated heterocycles. The van der Waals surface area contributed by atoms with Gasteiger partial charge in [-0.15, -0.1) is 0 Å². The molecule has 104 valence electrons. The minimum Gasteiger partial charge on any atom is -0.490 e. The van der Waals surface area contributed by atoms with E-state index in [0.717, 1.165) is 17.6 Å². The van der Waals surface area contributed by atoms with Gasteiger partial charge in [-0.3, -0.25) is 4.79 Å². The Bertz CT molecular complexity index is 591. The summed E-state index contributed by atoms with van der Waals surface area (Å²) in [6, 6.07) is 13.2. The summed E-state index contributed by atoms with van der Waals surface area (Å²) in [5, 5.41) is 0. The second-order valence-electron chi connectivity index (χ2n) is 4.66. The number of ether oxygens (including phenoxy) is 2. The first-order valence-corrected chi connectivity index (χ1v) is 6.57. The van der Waals surface area contributed by atoms with Crippen molar-refractivity contribution in [2.24, 2.45) is 0 Å². The third-order valence-electron chi connectivity index (χ3n) is 2.93. The van der Waals surface area contributed by atoms with Gasteiger partial charge in [0, 0.05) is 5.56 Å². The number of benzene rings is 2. The van der Waals surface area contributed by atoms with E-state index in [9.17, 15) is 4.79 Å². The zero-order chi connectivity index (χ0) is 14.4. The highest BCUT2D eigenvalue weighted by Crippen LogP contribution is 2.18. The predicted molar refractivity (Wildman–Crippen MR) is 78.7 cm³/mol. The highest BCUT2D eigenvalue weighted by Gasteiger charge is 2.00. The minimum atomic E-state index is 0.440. The third-order valence-corrected chi connectivity index (χ3v) is 2.93. The van der Waals surface area contributed by atoms with Crippen LogP contribution >= 0.6 is 0 Å². The van der Waals surface area contributed by atoms with E-state index >= 15 is 0 Å². The highest BCUT2D eigenvalue weighted by atomic mass is 16.5. The molecule has 0 saturated carbocycles. The Balaban J connectivity index is 1.82. The number of rotatable bonds is 6. The lowest BCUT2D eigenvalue weighted by atomic mass is 10.1. The SMILES string of the molecule is Cc1ccc(OCCOc2cccc(C=O)c2)c(C)c1. The van der Waals surface area contributed by atoms with Gasteiger partial charge in [-0.2, -0.15) is 0 Å². The van der Waals surface area contributed by atoms with Crippen LogP contribution in [0.5, 0.6) is 11.5 Å². The summed E-state index contributed by atoms with van der Waals surface area (Å²) in [4.78, 5) is 10.7. The number of carbonyl (C=O) groups is 1. The van der Waals surface area contributed by atoms with Gasteiger partial charge >= 0.3 is 0 Å². The number of aryl methyl sites for hydroxylation is 2. The Morgan fingerprint density at radius 1 is 1.00 bits per heavy atom. The number of aldehydes is 1. The van der Waals surface area contributed by atoms with Crippen LogP contribution < -0.4 is 9.47 Å². The van der Waals surface area contributed by atoms with E-state index in [4.69, 9.17) is 9.47 Å². The summed E-state index contributed by atoms with van der Waals surface area (Å²) in [5.41, 5.74) is 2.95. The molecule has 0 spiro atoms. The van der Waals surface area contributed by atoms with Crippen molar-refractivity contribution in [3.63, 3.8) is 0 Å². The molecule has 0 unspecified atom stereocenters. The van der Waals surface area contributed by atoms with E-state index < -0.39 is 0 Å². The van der Waals surface area contributed by atoms with Crippen LogP contribution in [0.15, 0.2) is 42.5 Å². The van der Waals surface area contributed by atoms with Crippen LogP contribution in [-0.4, -0.2) is 19.5 Å². The fourth-order valence-electron chi connectivity index (χ4n) is 1.95. The summed E-state index contributed by atoms with van der Waals surface area (Å²) in [6.45, 7) is 4.99. The largest absolute Gasteiger partial charge is 0.490 e. The smallest absolute Gasteiger partial charge is 0.150 e. The van der Waals surface area contributed by atoms with Crippen LogP contribution in [0.3, 0.4) is 0 Å². The molecule has 0 bridgehead atoms. The first-order chi connectivity index (χ1) is 9.69. The van der Waals surface area contributed by atoms with Crippen molar-refractivity contribution in [2.45, 2.75) is 13.8 Å². The van der Waals surface area contributed by atoms with Gasteiger partial charge in [0.1, 0.15) is 31.0 Å². The maximum Gasteiger partial charge on any atom is 0.150 e. The number of hydrogen-bond donors (Lipinski definition) is 0. The summed E-state index contributed by atoms with van der Waals surface area (Å²) in [6.07, 6.45) is 0.805. The van der Waals surface area contributed by atoms with Crippen molar-refractivity contribution in [3.8, 4) is 11.5 Å². The standard InChI is InChI=1S/C17H18O3/c1-13-6-7-17(14(2)10-13)20-9-8-19-16-5-3-4-15(11-16)12-18/h3-7,10-12H,8-9H2,1-2H3. The lowest BCUT2D eigenvalue weighted by molar-refractivity contribution is 0.112. The van der Waals surface area contributed by atoms with Gasteiger partial charge in [0.25, 0.3) is 0 Å². The lowest BCUT2D eigenvalue weighted by Crippen LogP contribution is -2.09. The topological polar surface area (TPSA) is 35.5 Å². The summed E-state index contributed by atoms with van der Waals surface area (Å²) < 4.78 is 11.2. The highest BCUT2D eigenvalue weighted by molar-refractivity contribution is 5.75. The average molecular weight is 270 g/mol. The molecule has 0 atom stereocenters. The normalized spacial score (nSPS) is 10.1. The minimum absolute atomic E-state index is 0.440. The molecule has 0 aliphatic rings. The molecule has 0 aliphatic carbocycles. The molecule has 3 heteroatoms. The second kappa shape index (κ2) is 6.75. The quantitative estimate of drug-likeness (QED) is 0.594. The van der Waals surface area contributed by atoms with Gasteiger partial charge in [0.15, 0.2) is 0 Å². The zero-order valence-electron chi connectivity index (χ0n) is 11.8. The molecule has 0 aliphatic heterocycles. The molecule has 3 nitrogen and oxygen atoms in total. The van der Waals surface area contributed by atoms with Crippen molar-refractivity contribution in [1.82, 2.24) is 0 Å². The van der Waals surface area contributed by atoms with Gasteiger partial charge in [0.2, 0.25) is 0 Å². The monoisotopic (exact) mass is 270 g/mol. The number of carbonyl (C=O) groups excluding carboxylic acids is 1. The number of hydrogen-bond acceptors (Lipinski definition) is 3. The van der Waals surface area contributed by atoms with Crippen molar-refractivity contribution in [1.29, 1.82) is 0 Å². The van der Waals surface area contributed by atoms with Crippen molar-refractivity contribution in [3.05, 3.63) is 59.2 Å². The van der Waals surface area contributed by atoms with Gasteiger partial charge < -0.3 is 9.47 Å². The molecule has 2 rings (SSSR count). The Labute approximate surface area is 119 Å². The van der Waals surface area contributed by atoms with E-state index in [0.29, 0.717) is 24.5 Å². The molecule has 0 fully saturated rings. The van der Waals surface area contributed by atoms with Gasteiger partial charge in [-0.1, -0.05) is 29.8 Å². The molecule has 0 amide bonds. The summed E-state index contributed by atoms with van der Waals surface area (Å²) >= 11 is 0. The Morgan fingerprint density at radius 3 is 2.55 bits per heavy atom. The maximum atomic E-state index is 10.7. The average Bonchev–Trinajstić information content (AvgIpc) is 2.45. The fraction of sp³-hybridized carbons (Fsp3) is 0.235. The van der Waals surface area contributed by atoms with Crippen LogP contribution in [0.1, 0.15) is 21.5 Å². The molecule has 0 radical (unpaired) electrons. The van der Waals surface area contributed by atoms with Crippen LogP contribution in [0.25, 0.3) is 0 Å². The molecular formula is C17H18O3. The van der Waals surface area contributed by atoms with Crippen molar-refractivity contribution >= 4 is 6.29 Å². The first kappa shape index (κ1) is 14.1. The Kier molecular flexibility index (Phi) is 4.77. The maximum absolute atomic E-state index is 10.7. The van der Waals surface area contributed by atoms with E-state index in [2.05, 4.69) is 13.0 Å². The van der Waals surface area contributed by atoms with E-state index in [1.807, 2.05) is 25.1 Å². The molecule has 20 heavy (non-hydrogen) atoms. The third kappa shape index (κ3) is 3.85. The van der Waals surface area contributed by atoms with Crippen LogP contribution in [0.2, 0.25) is 0 Å². The first-order valence-electron chi connectivity index (χ1n) is 6.57. The Hall–Kier alpha value is -2.29. The molecule has 2 aromatic rings. The second-order valence-corrected chi connectivity index (χ2v) is 4.66. The molecule has 2 aromatic carbocycles. The fourth-order valence-corrected chi connectivity index (χ4v) is 1.95. The van der Waals surface area contributed by atoms with Gasteiger partial charge in [-0.05, 0) is 37.6 Å². The van der Waals surface area contributed by atoms with Crippen LogP contribution in [0.4, 0.5) is 0 Å². The van der Waals surface area contributed by atoms with Crippen LogP contribution in [0, 0.1) is 13.8 Å². The van der Waals surface area contributed by atoms with Crippen molar-refractivity contribution < 1.29 is 14.3 Å². The lowest BCUT2D eigenvalue weighted by Gasteiger charge is -2.11. The van der Waals surface area contributed by atoms with Gasteiger partial charge in [0.05, 0.1) is 0 Å².